The lowest BCUT2D eigenvalue weighted by molar-refractivity contribution is 0.0331. The molecule has 0 spiro atoms. The molecule has 1 N–H and O–H groups in total. The normalized spacial score (nSPS) is 20.7. The summed E-state index contributed by atoms with van der Waals surface area (Å²) < 4.78 is 5.61. The van der Waals surface area contributed by atoms with E-state index in [-0.39, 0.29) is 6.10 Å². The van der Waals surface area contributed by atoms with Gasteiger partial charge in [-0.25, -0.2) is 0 Å². The van der Waals surface area contributed by atoms with Crippen molar-refractivity contribution in [3.05, 3.63) is 29.3 Å². The second kappa shape index (κ2) is 3.04. The molecule has 1 atom stereocenters. The molecule has 13 heavy (non-hydrogen) atoms. The van der Waals surface area contributed by atoms with E-state index in [4.69, 9.17) is 4.74 Å². The Morgan fingerprint density at radius 3 is 2.92 bits per heavy atom. The fourth-order valence-electron chi connectivity index (χ4n) is 1.84. The lowest BCUT2D eigenvalue weighted by Crippen LogP contribution is -2.04. The van der Waals surface area contributed by atoms with Gasteiger partial charge in [-0.05, 0) is 17.5 Å². The molecule has 2 heteroatoms. The molecule has 2 nitrogen and oxygen atoms in total. The molecule has 2 rings (SSSR count). The summed E-state index contributed by atoms with van der Waals surface area (Å²) in [6.45, 7) is 4.84. The molecule has 70 valence electrons. The lowest BCUT2D eigenvalue weighted by atomic mass is 9.96. The Balaban J connectivity index is 2.46. The first-order valence-corrected chi connectivity index (χ1v) is 4.62. The molecule has 1 aliphatic rings. The maximum Gasteiger partial charge on any atom is 0.121 e. The molecule has 0 bridgehead atoms. The number of phenolic OH excluding ortho intramolecular Hbond substituents is 1. The van der Waals surface area contributed by atoms with Gasteiger partial charge < -0.3 is 9.84 Å². The van der Waals surface area contributed by atoms with E-state index in [9.17, 15) is 5.11 Å². The summed E-state index contributed by atoms with van der Waals surface area (Å²) in [5, 5.41) is 9.67. The maximum atomic E-state index is 9.67. The fraction of sp³-hybridized carbons (Fsp3) is 0.455. The summed E-state index contributed by atoms with van der Waals surface area (Å²) in [6, 6.07) is 5.60. The molecule has 1 unspecified atom stereocenters. The summed E-state index contributed by atoms with van der Waals surface area (Å²) in [6.07, 6.45) is 0.0659. The Morgan fingerprint density at radius 2 is 2.23 bits per heavy atom. The predicted molar refractivity (Wildman–Crippen MR) is 50.5 cm³/mol. The molecule has 0 aromatic heterocycles. The zero-order chi connectivity index (χ0) is 9.42. The van der Waals surface area contributed by atoms with E-state index in [1.807, 2.05) is 12.1 Å². The highest BCUT2D eigenvalue weighted by Crippen LogP contribution is 2.40. The molecule has 1 aromatic rings. The van der Waals surface area contributed by atoms with Crippen molar-refractivity contribution >= 4 is 0 Å². The molecular formula is C11H14O2. The number of aromatic hydroxyl groups is 1. The van der Waals surface area contributed by atoms with E-state index in [0.29, 0.717) is 18.3 Å². The standard InChI is InChI=1S/C11H14O2/c1-7(2)11-10-8(6-13-11)4-3-5-9(10)12/h3-5,7,11-12H,6H2,1-2H3. The fourth-order valence-corrected chi connectivity index (χ4v) is 1.84. The van der Waals surface area contributed by atoms with E-state index < -0.39 is 0 Å². The van der Waals surface area contributed by atoms with Crippen molar-refractivity contribution in [3.63, 3.8) is 0 Å². The van der Waals surface area contributed by atoms with Crippen molar-refractivity contribution in [1.29, 1.82) is 0 Å². The predicted octanol–water partition coefficient (Wildman–Crippen LogP) is 2.62. The highest BCUT2D eigenvalue weighted by Gasteiger charge is 2.28. The summed E-state index contributed by atoms with van der Waals surface area (Å²) >= 11 is 0. The average Bonchev–Trinajstić information content (AvgIpc) is 2.49. The molecule has 1 heterocycles. The summed E-state index contributed by atoms with van der Waals surface area (Å²) in [7, 11) is 0. The van der Waals surface area contributed by atoms with Crippen molar-refractivity contribution < 1.29 is 9.84 Å². The van der Waals surface area contributed by atoms with Crippen LogP contribution in [0.1, 0.15) is 31.1 Å². The van der Waals surface area contributed by atoms with Crippen molar-refractivity contribution in [2.75, 3.05) is 0 Å². The van der Waals surface area contributed by atoms with Gasteiger partial charge in [0.25, 0.3) is 0 Å². The number of rotatable bonds is 1. The SMILES string of the molecule is CC(C)C1OCc2cccc(O)c21. The number of benzene rings is 1. The maximum absolute atomic E-state index is 9.67. The lowest BCUT2D eigenvalue weighted by Gasteiger charge is -2.15. The van der Waals surface area contributed by atoms with Gasteiger partial charge in [-0.1, -0.05) is 26.0 Å². The van der Waals surface area contributed by atoms with Gasteiger partial charge in [0.1, 0.15) is 5.75 Å². The number of phenols is 1. The smallest absolute Gasteiger partial charge is 0.121 e. The number of fused-ring (bicyclic) bond motifs is 1. The summed E-state index contributed by atoms with van der Waals surface area (Å²) in [5.41, 5.74) is 2.11. The van der Waals surface area contributed by atoms with Gasteiger partial charge in [-0.2, -0.15) is 0 Å². The third-order valence-electron chi connectivity index (χ3n) is 2.48. The van der Waals surface area contributed by atoms with E-state index in [0.717, 1.165) is 11.1 Å². The summed E-state index contributed by atoms with van der Waals surface area (Å²) in [4.78, 5) is 0. The van der Waals surface area contributed by atoms with Crippen molar-refractivity contribution in [3.8, 4) is 5.75 Å². The van der Waals surface area contributed by atoms with Crippen LogP contribution in [-0.4, -0.2) is 5.11 Å². The minimum absolute atomic E-state index is 0.0659. The zero-order valence-corrected chi connectivity index (χ0v) is 7.95. The molecule has 0 fully saturated rings. The first kappa shape index (κ1) is 8.57. The first-order chi connectivity index (χ1) is 6.20. The van der Waals surface area contributed by atoms with Crippen molar-refractivity contribution in [2.45, 2.75) is 26.6 Å². The second-order valence-corrected chi connectivity index (χ2v) is 3.83. The van der Waals surface area contributed by atoms with Gasteiger partial charge in [0.15, 0.2) is 0 Å². The van der Waals surface area contributed by atoms with Crippen molar-refractivity contribution in [1.82, 2.24) is 0 Å². The quantitative estimate of drug-likeness (QED) is 0.716. The average molecular weight is 178 g/mol. The largest absolute Gasteiger partial charge is 0.508 e. The Hall–Kier alpha value is -1.02. The summed E-state index contributed by atoms with van der Waals surface area (Å²) in [5.74, 6) is 0.781. The van der Waals surface area contributed by atoms with Crippen LogP contribution in [0.3, 0.4) is 0 Å². The Labute approximate surface area is 78.2 Å². The van der Waals surface area contributed by atoms with Crippen LogP contribution in [0.25, 0.3) is 0 Å². The Bertz CT molecular complexity index is 318. The number of hydrogen-bond acceptors (Lipinski definition) is 2. The highest BCUT2D eigenvalue weighted by molar-refractivity contribution is 5.42. The Morgan fingerprint density at radius 1 is 1.46 bits per heavy atom. The first-order valence-electron chi connectivity index (χ1n) is 4.62. The van der Waals surface area contributed by atoms with Gasteiger partial charge in [0.2, 0.25) is 0 Å². The third kappa shape index (κ3) is 1.31. The van der Waals surface area contributed by atoms with E-state index in [1.54, 1.807) is 6.07 Å². The zero-order valence-electron chi connectivity index (χ0n) is 7.95. The minimum atomic E-state index is 0.0659. The highest BCUT2D eigenvalue weighted by atomic mass is 16.5. The number of hydrogen-bond donors (Lipinski definition) is 1. The molecule has 0 saturated carbocycles. The van der Waals surface area contributed by atoms with Gasteiger partial charge >= 0.3 is 0 Å². The van der Waals surface area contributed by atoms with Gasteiger partial charge in [0, 0.05) is 5.56 Å². The van der Waals surface area contributed by atoms with Crippen LogP contribution in [0.5, 0.6) is 5.75 Å². The topological polar surface area (TPSA) is 29.5 Å². The van der Waals surface area contributed by atoms with Crippen LogP contribution < -0.4 is 0 Å². The number of ether oxygens (including phenoxy) is 1. The van der Waals surface area contributed by atoms with Gasteiger partial charge in [-0.3, -0.25) is 0 Å². The third-order valence-corrected chi connectivity index (χ3v) is 2.48. The molecule has 0 radical (unpaired) electrons. The molecule has 0 aliphatic carbocycles. The van der Waals surface area contributed by atoms with Crippen LogP contribution >= 0.6 is 0 Å². The van der Waals surface area contributed by atoms with Crippen LogP contribution in [0.2, 0.25) is 0 Å². The molecule has 0 saturated heterocycles. The minimum Gasteiger partial charge on any atom is -0.508 e. The van der Waals surface area contributed by atoms with Crippen LogP contribution in [0.15, 0.2) is 18.2 Å². The van der Waals surface area contributed by atoms with Gasteiger partial charge in [-0.15, -0.1) is 0 Å². The molecule has 0 amide bonds. The second-order valence-electron chi connectivity index (χ2n) is 3.83. The van der Waals surface area contributed by atoms with Gasteiger partial charge in [0.05, 0.1) is 12.7 Å². The molecule has 1 aliphatic heterocycles. The van der Waals surface area contributed by atoms with E-state index in [1.165, 1.54) is 0 Å². The van der Waals surface area contributed by atoms with Crippen molar-refractivity contribution in [2.24, 2.45) is 5.92 Å². The molecular weight excluding hydrogens is 164 g/mol. The monoisotopic (exact) mass is 178 g/mol. The van der Waals surface area contributed by atoms with Crippen LogP contribution in [0, 0.1) is 5.92 Å². The van der Waals surface area contributed by atoms with E-state index >= 15 is 0 Å². The van der Waals surface area contributed by atoms with E-state index in [2.05, 4.69) is 13.8 Å². The molecule has 1 aromatic carbocycles. The Kier molecular flexibility index (Phi) is 2.00. The van der Waals surface area contributed by atoms with Crippen LogP contribution in [-0.2, 0) is 11.3 Å². The van der Waals surface area contributed by atoms with Crippen LogP contribution in [0.4, 0.5) is 0 Å².